The third-order valence-electron chi connectivity index (χ3n) is 12.6. The first-order valence-electron chi connectivity index (χ1n) is 18.2. The van der Waals surface area contributed by atoms with Crippen molar-refractivity contribution in [2.45, 2.75) is 141 Å². The summed E-state index contributed by atoms with van der Waals surface area (Å²) in [6.45, 7) is 17.0. The van der Waals surface area contributed by atoms with Crippen molar-refractivity contribution < 1.29 is 23.1 Å². The second kappa shape index (κ2) is 14.0. The van der Waals surface area contributed by atoms with Crippen LogP contribution in [0, 0.1) is 29.6 Å². The van der Waals surface area contributed by atoms with Crippen LogP contribution >= 0.6 is 0 Å². The van der Waals surface area contributed by atoms with Gasteiger partial charge in [0.2, 0.25) is 5.91 Å². The van der Waals surface area contributed by atoms with Crippen LogP contribution < -0.4 is 16.0 Å². The quantitative estimate of drug-likeness (QED) is 0.401. The maximum absolute atomic E-state index is 16.7. The summed E-state index contributed by atoms with van der Waals surface area (Å²) in [5.41, 5.74) is 0. The number of piperidine rings is 2. The van der Waals surface area contributed by atoms with Crippen molar-refractivity contribution in [1.82, 2.24) is 30.7 Å². The average Bonchev–Trinajstić information content (AvgIpc) is 3.02. The highest BCUT2D eigenvalue weighted by molar-refractivity contribution is 5.87. The van der Waals surface area contributed by atoms with E-state index in [0.717, 1.165) is 38.6 Å². The molecule has 12 unspecified atom stereocenters. The van der Waals surface area contributed by atoms with Crippen molar-refractivity contribution in [3.63, 3.8) is 0 Å². The Morgan fingerprint density at radius 3 is 2.54 bits per heavy atom. The molecule has 0 radical (unpaired) electrons. The molecule has 6 aliphatic rings. The number of hydrogen-bond acceptors (Lipinski definition) is 6. The third-order valence-corrected chi connectivity index (χ3v) is 12.6. The highest BCUT2D eigenvalue weighted by Crippen LogP contribution is 2.44. The minimum absolute atomic E-state index is 0.0550. The van der Waals surface area contributed by atoms with Gasteiger partial charge in [-0.05, 0) is 82.7 Å². The van der Waals surface area contributed by atoms with E-state index in [1.54, 1.807) is 0 Å². The predicted molar refractivity (Wildman–Crippen MR) is 174 cm³/mol. The number of alkyl halides is 2. The van der Waals surface area contributed by atoms with Gasteiger partial charge in [0.25, 0.3) is 0 Å². The number of halogens is 2. The van der Waals surface area contributed by atoms with Crippen molar-refractivity contribution in [1.29, 1.82) is 0 Å². The molecule has 6 rings (SSSR count). The molecule has 46 heavy (non-hydrogen) atoms. The van der Waals surface area contributed by atoms with Gasteiger partial charge in [-0.2, -0.15) is 0 Å². The molecule has 0 spiro atoms. The van der Waals surface area contributed by atoms with Crippen LogP contribution in [0.1, 0.15) is 79.6 Å². The summed E-state index contributed by atoms with van der Waals surface area (Å²) < 4.78 is 39.0. The summed E-state index contributed by atoms with van der Waals surface area (Å²) in [4.78, 5) is 33.3. The van der Waals surface area contributed by atoms with Gasteiger partial charge in [-0.25, -0.2) is 13.6 Å². The van der Waals surface area contributed by atoms with Crippen LogP contribution in [0.5, 0.6) is 0 Å². The SMILES string of the molecule is C=CC(=O)N1C[C@H](C)N(C2NC(=O)N3C4NC(C(F)CC42)C2C(F)CCCC2OCCCCC2CNC(C(C)C)C3C2C)C[C@H]1C. The lowest BCUT2D eigenvalue weighted by Gasteiger charge is -2.61. The Morgan fingerprint density at radius 2 is 1.80 bits per heavy atom. The first-order valence-corrected chi connectivity index (χ1v) is 18.2. The van der Waals surface area contributed by atoms with E-state index in [9.17, 15) is 9.59 Å². The number of urea groups is 1. The van der Waals surface area contributed by atoms with E-state index in [0.29, 0.717) is 32.0 Å². The molecular formula is C35H58F2N6O3. The summed E-state index contributed by atoms with van der Waals surface area (Å²) in [7, 11) is 0. The molecule has 6 fully saturated rings. The van der Waals surface area contributed by atoms with Crippen LogP contribution in [0.4, 0.5) is 13.6 Å². The summed E-state index contributed by atoms with van der Waals surface area (Å²) in [6.07, 6.45) is 2.77. The molecule has 5 aliphatic heterocycles. The van der Waals surface area contributed by atoms with Crippen molar-refractivity contribution in [2.75, 3.05) is 26.2 Å². The zero-order valence-electron chi connectivity index (χ0n) is 28.5. The van der Waals surface area contributed by atoms with Gasteiger partial charge in [0, 0.05) is 55.7 Å². The number of piperazine rings is 1. The molecule has 0 aromatic rings. The van der Waals surface area contributed by atoms with Crippen LogP contribution in [-0.4, -0.2) is 114 Å². The van der Waals surface area contributed by atoms with E-state index in [-0.39, 0.29) is 66.4 Å². The van der Waals surface area contributed by atoms with Crippen molar-refractivity contribution in [3.8, 4) is 0 Å². The second-order valence-electron chi connectivity index (χ2n) is 15.7. The lowest BCUT2D eigenvalue weighted by Crippen LogP contribution is -2.80. The number of rotatable bonds is 3. The van der Waals surface area contributed by atoms with Crippen LogP contribution in [0.25, 0.3) is 0 Å². The minimum Gasteiger partial charge on any atom is -0.378 e. The van der Waals surface area contributed by atoms with Crippen molar-refractivity contribution in [2.24, 2.45) is 29.6 Å². The van der Waals surface area contributed by atoms with E-state index in [1.165, 1.54) is 6.08 Å². The molecule has 1 saturated carbocycles. The largest absolute Gasteiger partial charge is 0.378 e. The number of carbonyl (C=O) groups excluding carboxylic acids is 2. The topological polar surface area (TPSA) is 89.2 Å². The average molecular weight is 649 g/mol. The number of nitrogens with one attached hydrogen (secondary N) is 3. The van der Waals surface area contributed by atoms with E-state index >= 15 is 8.78 Å². The fourth-order valence-electron chi connectivity index (χ4n) is 10.1. The van der Waals surface area contributed by atoms with Gasteiger partial charge in [-0.15, -0.1) is 0 Å². The van der Waals surface area contributed by atoms with Gasteiger partial charge < -0.3 is 25.2 Å². The number of carbonyl (C=O) groups is 2. The van der Waals surface area contributed by atoms with Crippen LogP contribution in [-0.2, 0) is 9.53 Å². The molecule has 260 valence electrons. The highest BCUT2D eigenvalue weighted by Gasteiger charge is 2.58. The van der Waals surface area contributed by atoms with Gasteiger partial charge >= 0.3 is 6.03 Å². The van der Waals surface area contributed by atoms with E-state index in [4.69, 9.17) is 4.74 Å². The summed E-state index contributed by atoms with van der Waals surface area (Å²) >= 11 is 0. The van der Waals surface area contributed by atoms with Gasteiger partial charge in [0.15, 0.2) is 0 Å². The Kier molecular flexibility index (Phi) is 10.3. The van der Waals surface area contributed by atoms with Gasteiger partial charge in [-0.1, -0.05) is 33.8 Å². The zero-order chi connectivity index (χ0) is 32.9. The maximum atomic E-state index is 16.7. The normalized spacial score (nSPS) is 45.8. The molecule has 9 nitrogen and oxygen atoms in total. The number of fused-ring (bicyclic) bond motifs is 6. The fraction of sp³-hybridized carbons (Fsp3) is 0.886. The van der Waals surface area contributed by atoms with Gasteiger partial charge in [0.1, 0.15) is 12.3 Å². The summed E-state index contributed by atoms with van der Waals surface area (Å²) in [5.74, 6) is -0.0579. The molecule has 0 aromatic carbocycles. The first kappa shape index (κ1) is 34.1. The predicted octanol–water partition coefficient (Wildman–Crippen LogP) is 4.04. The van der Waals surface area contributed by atoms with Crippen molar-refractivity contribution >= 4 is 11.9 Å². The lowest BCUT2D eigenvalue weighted by atomic mass is 9.71. The molecule has 0 aromatic heterocycles. The number of amides is 3. The Bertz CT molecular complexity index is 1110. The van der Waals surface area contributed by atoms with E-state index in [1.807, 2.05) is 16.7 Å². The Balaban J connectivity index is 1.39. The molecule has 3 amide bonds. The number of ether oxygens (including phenoxy) is 1. The van der Waals surface area contributed by atoms with Crippen LogP contribution in [0.3, 0.4) is 0 Å². The molecule has 5 saturated heterocycles. The Labute approximate surface area is 274 Å². The third kappa shape index (κ3) is 6.23. The van der Waals surface area contributed by atoms with E-state index in [2.05, 4.69) is 55.1 Å². The van der Waals surface area contributed by atoms with Crippen LogP contribution in [0.2, 0.25) is 0 Å². The number of nitrogens with zero attached hydrogens (tertiary/aromatic N) is 3. The maximum Gasteiger partial charge on any atom is 0.320 e. The Morgan fingerprint density at radius 1 is 1.02 bits per heavy atom. The molecule has 3 N–H and O–H groups in total. The molecule has 5 heterocycles. The summed E-state index contributed by atoms with van der Waals surface area (Å²) in [6, 6.07) is -1.05. The summed E-state index contributed by atoms with van der Waals surface area (Å²) in [5, 5.41) is 10.9. The second-order valence-corrected chi connectivity index (χ2v) is 15.7. The number of hydrogen-bond donors (Lipinski definition) is 3. The van der Waals surface area contributed by atoms with E-state index < -0.39 is 36.6 Å². The molecule has 1 aliphatic carbocycles. The van der Waals surface area contributed by atoms with Gasteiger partial charge in [0.05, 0.1) is 24.5 Å². The van der Waals surface area contributed by atoms with Crippen LogP contribution in [0.15, 0.2) is 12.7 Å². The Hall–Kier alpha value is -1.82. The fourth-order valence-corrected chi connectivity index (χ4v) is 10.1. The lowest BCUT2D eigenvalue weighted by molar-refractivity contribution is -0.138. The monoisotopic (exact) mass is 648 g/mol. The van der Waals surface area contributed by atoms with Crippen molar-refractivity contribution in [3.05, 3.63) is 12.7 Å². The molecular weight excluding hydrogens is 590 g/mol. The molecule has 14 atom stereocenters. The highest BCUT2D eigenvalue weighted by atomic mass is 19.1. The standard InChI is InChI=1S/C35H58F2N6O3/c1-7-28(44)41-17-21(5)42(18-20(41)4)33-24-15-26(37)31-29-25(36)12-10-13-27(29)46-14-9-8-11-23-16-38-30(19(2)3)32(22(23)6)43(34(24)39-31)35(45)40-33/h7,19-27,29-34,38-39H,1,8-18H2,2-6H3,(H,40,45)/t20-,21+,22?,23?,24?,25?,26?,27?,29?,30?,31?,32?,33?,34?/m1/s1. The molecule has 4 bridgehead atoms. The van der Waals surface area contributed by atoms with Gasteiger partial charge in [-0.3, -0.25) is 15.0 Å². The smallest absolute Gasteiger partial charge is 0.320 e. The molecule has 11 heteroatoms. The zero-order valence-corrected chi connectivity index (χ0v) is 28.5. The minimum atomic E-state index is -1.28. The first-order chi connectivity index (χ1) is 22.0.